The number of ether oxygens (including phenoxy) is 1. The largest absolute Gasteiger partial charge is 0.457 e. The summed E-state index contributed by atoms with van der Waals surface area (Å²) in [6.07, 6.45) is 5.07. The minimum atomic E-state index is -0.676. The van der Waals surface area contributed by atoms with Crippen LogP contribution >= 0.6 is 11.6 Å². The molecule has 0 bridgehead atoms. The molecule has 2 aromatic carbocycles. The van der Waals surface area contributed by atoms with Crippen LogP contribution in [0.4, 0.5) is 0 Å². The van der Waals surface area contributed by atoms with E-state index >= 15 is 0 Å². The molecule has 1 saturated carbocycles. The minimum absolute atomic E-state index is 0.204. The predicted octanol–water partition coefficient (Wildman–Crippen LogP) is 5.06. The summed E-state index contributed by atoms with van der Waals surface area (Å²) >= 11 is 5.99. The third-order valence-electron chi connectivity index (χ3n) is 5.47. The lowest BCUT2D eigenvalue weighted by molar-refractivity contribution is -0.149. The van der Waals surface area contributed by atoms with Gasteiger partial charge in [-0.2, -0.15) is 0 Å². The normalized spacial score (nSPS) is 15.7. The summed E-state index contributed by atoms with van der Waals surface area (Å²) in [7, 11) is 0. The van der Waals surface area contributed by atoms with Crippen LogP contribution in [0.1, 0.15) is 41.6 Å². The zero-order valence-corrected chi connectivity index (χ0v) is 15.6. The Balaban J connectivity index is 1.52. The Morgan fingerprint density at radius 1 is 1.04 bits per heavy atom. The van der Waals surface area contributed by atoms with Crippen molar-refractivity contribution in [3.63, 3.8) is 0 Å². The van der Waals surface area contributed by atoms with Gasteiger partial charge in [-0.05, 0) is 36.6 Å². The summed E-state index contributed by atoms with van der Waals surface area (Å²) in [5.74, 6) is -0.527. The molecule has 1 aromatic heterocycles. The maximum Gasteiger partial charge on any atom is 0.317 e. The molecule has 3 aromatic rings. The van der Waals surface area contributed by atoms with Gasteiger partial charge in [0.1, 0.15) is 0 Å². The van der Waals surface area contributed by atoms with Gasteiger partial charge in [-0.3, -0.25) is 9.59 Å². The molecule has 0 atom stereocenters. The van der Waals surface area contributed by atoms with Crippen LogP contribution in [-0.4, -0.2) is 23.3 Å². The maximum absolute atomic E-state index is 13.0. The fourth-order valence-electron chi connectivity index (χ4n) is 4.01. The monoisotopic (exact) mass is 381 g/mol. The van der Waals surface area contributed by atoms with Gasteiger partial charge in [0, 0.05) is 27.7 Å². The van der Waals surface area contributed by atoms with E-state index in [1.54, 1.807) is 18.3 Å². The first kappa shape index (κ1) is 17.8. The van der Waals surface area contributed by atoms with Crippen molar-refractivity contribution in [3.8, 4) is 0 Å². The number of carbonyl (C=O) groups excluding carboxylic acids is 2. The maximum atomic E-state index is 13.0. The molecule has 0 spiro atoms. The predicted molar refractivity (Wildman–Crippen MR) is 105 cm³/mol. The van der Waals surface area contributed by atoms with E-state index in [9.17, 15) is 9.59 Å². The van der Waals surface area contributed by atoms with E-state index in [1.807, 2.05) is 36.4 Å². The van der Waals surface area contributed by atoms with Crippen molar-refractivity contribution in [1.29, 1.82) is 0 Å². The zero-order valence-electron chi connectivity index (χ0n) is 14.8. The van der Waals surface area contributed by atoms with Gasteiger partial charge in [-0.15, -0.1) is 0 Å². The molecule has 1 N–H and O–H groups in total. The SMILES string of the molecule is O=C(COC(=O)C1(c2ccc(Cl)cc2)CCCC1)c1c[nH]c2ccccc12. The number of carbonyl (C=O) groups is 2. The summed E-state index contributed by atoms with van der Waals surface area (Å²) in [6.45, 7) is -0.254. The van der Waals surface area contributed by atoms with Gasteiger partial charge in [-0.1, -0.05) is 54.8 Å². The highest BCUT2D eigenvalue weighted by Crippen LogP contribution is 2.42. The molecule has 0 amide bonds. The van der Waals surface area contributed by atoms with Crippen LogP contribution in [0.25, 0.3) is 10.9 Å². The first-order chi connectivity index (χ1) is 13.1. The van der Waals surface area contributed by atoms with E-state index in [0.717, 1.165) is 42.1 Å². The van der Waals surface area contributed by atoms with Crippen LogP contribution in [0.2, 0.25) is 5.02 Å². The second-order valence-electron chi connectivity index (χ2n) is 7.04. The van der Waals surface area contributed by atoms with Gasteiger partial charge >= 0.3 is 5.97 Å². The highest BCUT2D eigenvalue weighted by Gasteiger charge is 2.44. The van der Waals surface area contributed by atoms with Crippen molar-refractivity contribution in [1.82, 2.24) is 4.98 Å². The van der Waals surface area contributed by atoms with E-state index in [2.05, 4.69) is 4.98 Å². The fourth-order valence-corrected chi connectivity index (χ4v) is 4.13. The van der Waals surface area contributed by atoms with Gasteiger partial charge in [0.2, 0.25) is 5.78 Å². The Labute approximate surface area is 162 Å². The van der Waals surface area contributed by atoms with Crippen LogP contribution < -0.4 is 0 Å². The Bertz CT molecular complexity index is 984. The molecule has 1 aliphatic rings. The number of para-hydroxylation sites is 1. The molecule has 5 heteroatoms. The fraction of sp³-hybridized carbons (Fsp3) is 0.273. The lowest BCUT2D eigenvalue weighted by Gasteiger charge is -2.27. The van der Waals surface area contributed by atoms with Gasteiger partial charge in [-0.25, -0.2) is 0 Å². The van der Waals surface area contributed by atoms with Crippen molar-refractivity contribution >= 4 is 34.3 Å². The number of aromatic amines is 1. The molecular formula is C22H20ClNO3. The lowest BCUT2D eigenvalue weighted by atomic mass is 9.79. The molecule has 1 heterocycles. The molecule has 4 rings (SSSR count). The second-order valence-corrected chi connectivity index (χ2v) is 7.48. The van der Waals surface area contributed by atoms with Crippen LogP contribution in [0.3, 0.4) is 0 Å². The van der Waals surface area contributed by atoms with E-state index in [4.69, 9.17) is 16.3 Å². The number of fused-ring (bicyclic) bond motifs is 1. The Hall–Kier alpha value is -2.59. The zero-order chi connectivity index (χ0) is 18.9. The van der Waals surface area contributed by atoms with E-state index in [-0.39, 0.29) is 18.4 Å². The Kier molecular flexibility index (Phi) is 4.75. The van der Waals surface area contributed by atoms with Gasteiger partial charge in [0.05, 0.1) is 5.41 Å². The number of aromatic nitrogens is 1. The van der Waals surface area contributed by atoms with Crippen LogP contribution in [-0.2, 0) is 14.9 Å². The van der Waals surface area contributed by atoms with Gasteiger partial charge in [0.25, 0.3) is 0 Å². The number of H-pyrrole nitrogens is 1. The number of Topliss-reactive ketones (excluding diaryl/α,β-unsaturated/α-hetero) is 1. The average Bonchev–Trinajstić information content (AvgIpc) is 3.34. The molecule has 0 radical (unpaired) electrons. The van der Waals surface area contributed by atoms with Crippen LogP contribution in [0.5, 0.6) is 0 Å². The number of esters is 1. The van der Waals surface area contributed by atoms with Crippen molar-refractivity contribution in [2.24, 2.45) is 0 Å². The summed E-state index contributed by atoms with van der Waals surface area (Å²) in [5.41, 5.74) is 1.67. The standard InChI is InChI=1S/C22H20ClNO3/c23-16-9-7-15(8-10-16)22(11-3-4-12-22)21(26)27-14-20(25)18-13-24-19-6-2-1-5-17(18)19/h1-2,5-10,13,24H,3-4,11-12,14H2. The van der Waals surface area contributed by atoms with Gasteiger partial charge in [0.15, 0.2) is 6.61 Å². The molecule has 27 heavy (non-hydrogen) atoms. The first-order valence-electron chi connectivity index (χ1n) is 9.13. The molecule has 4 nitrogen and oxygen atoms in total. The number of halogens is 1. The highest BCUT2D eigenvalue weighted by molar-refractivity contribution is 6.30. The Morgan fingerprint density at radius 2 is 1.74 bits per heavy atom. The van der Waals surface area contributed by atoms with Crippen LogP contribution in [0, 0.1) is 0 Å². The number of hydrogen-bond donors (Lipinski definition) is 1. The molecule has 138 valence electrons. The number of rotatable bonds is 5. The smallest absolute Gasteiger partial charge is 0.317 e. The van der Waals surface area contributed by atoms with Crippen molar-refractivity contribution in [2.45, 2.75) is 31.1 Å². The molecule has 0 saturated heterocycles. The van der Waals surface area contributed by atoms with Crippen molar-refractivity contribution < 1.29 is 14.3 Å². The molecule has 0 unspecified atom stereocenters. The van der Waals surface area contributed by atoms with Crippen molar-refractivity contribution in [3.05, 3.63) is 70.9 Å². The van der Waals surface area contributed by atoms with Crippen molar-refractivity contribution in [2.75, 3.05) is 6.61 Å². The molecular weight excluding hydrogens is 362 g/mol. The quantitative estimate of drug-likeness (QED) is 0.496. The molecule has 1 fully saturated rings. The number of benzene rings is 2. The summed E-state index contributed by atoms with van der Waals surface area (Å²) in [6, 6.07) is 14.9. The molecule has 1 aliphatic carbocycles. The van der Waals surface area contributed by atoms with Crippen LogP contribution in [0.15, 0.2) is 54.7 Å². The molecule has 0 aliphatic heterocycles. The number of ketones is 1. The third kappa shape index (κ3) is 3.26. The van der Waals surface area contributed by atoms with E-state index < -0.39 is 5.41 Å². The minimum Gasteiger partial charge on any atom is -0.457 e. The third-order valence-corrected chi connectivity index (χ3v) is 5.72. The highest BCUT2D eigenvalue weighted by atomic mass is 35.5. The second kappa shape index (κ2) is 7.20. The van der Waals surface area contributed by atoms with E-state index in [0.29, 0.717) is 10.6 Å². The summed E-state index contributed by atoms with van der Waals surface area (Å²) in [4.78, 5) is 28.7. The Morgan fingerprint density at radius 3 is 2.48 bits per heavy atom. The van der Waals surface area contributed by atoms with E-state index in [1.165, 1.54) is 0 Å². The lowest BCUT2D eigenvalue weighted by Crippen LogP contribution is -2.35. The summed E-state index contributed by atoms with van der Waals surface area (Å²) < 4.78 is 5.51. The average molecular weight is 382 g/mol. The number of nitrogens with one attached hydrogen (secondary N) is 1. The van der Waals surface area contributed by atoms with Gasteiger partial charge < -0.3 is 9.72 Å². The first-order valence-corrected chi connectivity index (χ1v) is 9.50. The number of hydrogen-bond acceptors (Lipinski definition) is 3. The summed E-state index contributed by atoms with van der Waals surface area (Å²) in [5, 5.41) is 1.47. The topological polar surface area (TPSA) is 59.2 Å².